The second-order valence-electron chi connectivity index (χ2n) is 3.79. The van der Waals surface area contributed by atoms with Crippen LogP contribution < -0.4 is 0 Å². The lowest BCUT2D eigenvalue weighted by molar-refractivity contribution is 0.0765. The van der Waals surface area contributed by atoms with Gasteiger partial charge < -0.3 is 4.90 Å². The molecule has 17 heavy (non-hydrogen) atoms. The maximum atomic E-state index is 12.2. The number of hydrogen-bond donors (Lipinski definition) is 0. The van der Waals surface area contributed by atoms with Crippen LogP contribution in [0.2, 0.25) is 10.3 Å². The summed E-state index contributed by atoms with van der Waals surface area (Å²) in [6.07, 6.45) is 1.56. The fourth-order valence-electron chi connectivity index (χ4n) is 1.90. The molecular weight excluding hydrogens is 261 g/mol. The Morgan fingerprint density at radius 2 is 2.12 bits per heavy atom. The fraction of sp³-hybridized carbons (Fsp3) is 0.364. The van der Waals surface area contributed by atoms with Crippen LogP contribution in [0.4, 0.5) is 0 Å². The lowest BCUT2D eigenvalue weighted by atomic mass is 10.2. The van der Waals surface area contributed by atoms with E-state index in [-0.39, 0.29) is 22.3 Å². The van der Waals surface area contributed by atoms with Crippen LogP contribution in [0.25, 0.3) is 0 Å². The minimum Gasteiger partial charge on any atom is -0.323 e. The number of amides is 1. The summed E-state index contributed by atoms with van der Waals surface area (Å²) in [6, 6.07) is 4.69. The first-order valence-corrected chi connectivity index (χ1v) is 5.91. The molecular formula is C11H9Cl2N3O. The van der Waals surface area contributed by atoms with Gasteiger partial charge in [-0.05, 0) is 25.0 Å². The Hall–Kier alpha value is -1.31. The Morgan fingerprint density at radius 1 is 1.47 bits per heavy atom. The second kappa shape index (κ2) is 4.91. The predicted octanol–water partition coefficient (Wildman–Crippen LogP) is 2.52. The first-order valence-electron chi connectivity index (χ1n) is 5.15. The largest absolute Gasteiger partial charge is 0.323 e. The zero-order valence-electron chi connectivity index (χ0n) is 8.86. The zero-order valence-corrected chi connectivity index (χ0v) is 10.4. The monoisotopic (exact) mass is 269 g/mol. The lowest BCUT2D eigenvalue weighted by Crippen LogP contribution is -2.34. The van der Waals surface area contributed by atoms with Gasteiger partial charge in [-0.2, -0.15) is 5.26 Å². The van der Waals surface area contributed by atoms with E-state index in [0.29, 0.717) is 12.1 Å². The molecule has 0 N–H and O–H groups in total. The summed E-state index contributed by atoms with van der Waals surface area (Å²) in [4.78, 5) is 17.5. The number of nitriles is 1. The second-order valence-corrected chi connectivity index (χ2v) is 4.56. The molecule has 1 aliphatic rings. The molecule has 1 atom stereocenters. The Morgan fingerprint density at radius 3 is 2.71 bits per heavy atom. The van der Waals surface area contributed by atoms with Crippen LogP contribution >= 0.6 is 23.2 Å². The van der Waals surface area contributed by atoms with E-state index >= 15 is 0 Å². The van der Waals surface area contributed by atoms with E-state index in [2.05, 4.69) is 11.1 Å². The third-order valence-electron chi connectivity index (χ3n) is 2.67. The average molecular weight is 270 g/mol. The van der Waals surface area contributed by atoms with Gasteiger partial charge >= 0.3 is 0 Å². The highest BCUT2D eigenvalue weighted by molar-refractivity contribution is 6.33. The number of rotatable bonds is 1. The van der Waals surface area contributed by atoms with E-state index in [1.165, 1.54) is 12.1 Å². The van der Waals surface area contributed by atoms with Crippen molar-refractivity contribution in [3.8, 4) is 6.07 Å². The van der Waals surface area contributed by atoms with Crippen molar-refractivity contribution in [2.24, 2.45) is 0 Å². The van der Waals surface area contributed by atoms with Crippen molar-refractivity contribution in [3.63, 3.8) is 0 Å². The molecule has 2 rings (SSSR count). The quantitative estimate of drug-likeness (QED) is 0.737. The van der Waals surface area contributed by atoms with Crippen molar-refractivity contribution in [1.29, 1.82) is 5.26 Å². The van der Waals surface area contributed by atoms with Gasteiger partial charge in [0, 0.05) is 12.1 Å². The van der Waals surface area contributed by atoms with Crippen LogP contribution in [-0.2, 0) is 0 Å². The summed E-state index contributed by atoms with van der Waals surface area (Å²) in [7, 11) is 0. The van der Waals surface area contributed by atoms with Crippen molar-refractivity contribution in [2.75, 3.05) is 6.54 Å². The highest BCUT2D eigenvalue weighted by Gasteiger charge is 2.29. The molecule has 0 radical (unpaired) electrons. The van der Waals surface area contributed by atoms with Crippen molar-refractivity contribution in [3.05, 3.63) is 28.0 Å². The summed E-state index contributed by atoms with van der Waals surface area (Å²) in [5.41, 5.74) is 0.372. The van der Waals surface area contributed by atoms with E-state index in [9.17, 15) is 4.79 Å². The summed E-state index contributed by atoms with van der Waals surface area (Å²) in [5, 5.41) is 9.28. The minimum atomic E-state index is -0.354. The average Bonchev–Trinajstić information content (AvgIpc) is 2.74. The van der Waals surface area contributed by atoms with Crippen LogP contribution in [0, 0.1) is 11.3 Å². The van der Waals surface area contributed by atoms with Crippen LogP contribution in [0.1, 0.15) is 23.2 Å². The number of nitrogens with zero attached hydrogens (tertiary/aromatic N) is 3. The Kier molecular flexibility index (Phi) is 3.51. The highest BCUT2D eigenvalue weighted by Crippen LogP contribution is 2.22. The molecule has 1 saturated heterocycles. The SMILES string of the molecule is N#CC1CCCN1C(=O)c1cc(Cl)nc(Cl)c1. The number of pyridine rings is 1. The highest BCUT2D eigenvalue weighted by atomic mass is 35.5. The number of likely N-dealkylation sites (tertiary alicyclic amines) is 1. The minimum absolute atomic E-state index is 0.175. The molecule has 0 aromatic carbocycles. The Labute approximate surface area is 109 Å². The van der Waals surface area contributed by atoms with E-state index in [1.54, 1.807) is 4.90 Å². The van der Waals surface area contributed by atoms with Crippen molar-refractivity contribution < 1.29 is 4.79 Å². The predicted molar refractivity (Wildman–Crippen MR) is 63.9 cm³/mol. The molecule has 0 spiro atoms. The first-order chi connectivity index (χ1) is 8.11. The van der Waals surface area contributed by atoms with Gasteiger partial charge in [0.2, 0.25) is 0 Å². The summed E-state index contributed by atoms with van der Waals surface area (Å²) in [6.45, 7) is 0.592. The molecule has 0 aliphatic carbocycles. The molecule has 0 bridgehead atoms. The number of carbonyl (C=O) groups excluding carboxylic acids is 1. The van der Waals surface area contributed by atoms with E-state index < -0.39 is 0 Å². The van der Waals surface area contributed by atoms with Gasteiger partial charge in [0.05, 0.1) is 6.07 Å². The number of halogens is 2. The Bertz CT molecular complexity index is 478. The molecule has 1 aromatic heterocycles. The molecule has 1 amide bonds. The molecule has 0 saturated carbocycles. The van der Waals surface area contributed by atoms with Crippen LogP contribution in [0.15, 0.2) is 12.1 Å². The van der Waals surface area contributed by atoms with Gasteiger partial charge in [-0.15, -0.1) is 0 Å². The van der Waals surface area contributed by atoms with Gasteiger partial charge in [0.25, 0.3) is 5.91 Å². The molecule has 1 aromatic rings. The summed E-state index contributed by atoms with van der Waals surface area (Å²) < 4.78 is 0. The standard InChI is InChI=1S/C11H9Cl2N3O/c12-9-4-7(5-10(13)15-9)11(17)16-3-1-2-8(16)6-14/h4-5,8H,1-3H2. The molecule has 1 unspecified atom stereocenters. The van der Waals surface area contributed by atoms with Crippen LogP contribution in [0.3, 0.4) is 0 Å². The maximum Gasteiger partial charge on any atom is 0.255 e. The number of hydrogen-bond acceptors (Lipinski definition) is 3. The Balaban J connectivity index is 2.28. The normalized spacial score (nSPS) is 19.1. The molecule has 4 nitrogen and oxygen atoms in total. The van der Waals surface area contributed by atoms with Crippen LogP contribution in [0.5, 0.6) is 0 Å². The zero-order chi connectivity index (χ0) is 12.4. The topological polar surface area (TPSA) is 57.0 Å². The molecule has 88 valence electrons. The van der Waals surface area contributed by atoms with Crippen molar-refractivity contribution in [1.82, 2.24) is 9.88 Å². The summed E-state index contributed by atoms with van der Waals surface area (Å²) >= 11 is 11.5. The molecule has 2 heterocycles. The van der Waals surface area contributed by atoms with Crippen molar-refractivity contribution >= 4 is 29.1 Å². The van der Waals surface area contributed by atoms with Gasteiger partial charge in [-0.3, -0.25) is 4.79 Å². The van der Waals surface area contributed by atoms with Gasteiger partial charge in [0.1, 0.15) is 16.3 Å². The fourth-order valence-corrected chi connectivity index (χ4v) is 2.36. The molecule has 1 fully saturated rings. The number of aromatic nitrogens is 1. The van der Waals surface area contributed by atoms with E-state index in [0.717, 1.165) is 12.8 Å². The van der Waals surface area contributed by atoms with Gasteiger partial charge in [-0.25, -0.2) is 4.98 Å². The third kappa shape index (κ3) is 2.51. The number of carbonyl (C=O) groups is 1. The van der Waals surface area contributed by atoms with E-state index in [4.69, 9.17) is 28.5 Å². The summed E-state index contributed by atoms with van der Waals surface area (Å²) in [5.74, 6) is -0.222. The maximum absolute atomic E-state index is 12.2. The van der Waals surface area contributed by atoms with E-state index in [1.807, 2.05) is 0 Å². The van der Waals surface area contributed by atoms with Crippen molar-refractivity contribution in [2.45, 2.75) is 18.9 Å². The van der Waals surface area contributed by atoms with Gasteiger partial charge in [0.15, 0.2) is 0 Å². The van der Waals surface area contributed by atoms with Gasteiger partial charge in [-0.1, -0.05) is 23.2 Å². The smallest absolute Gasteiger partial charge is 0.255 e. The third-order valence-corrected chi connectivity index (χ3v) is 3.06. The van der Waals surface area contributed by atoms with Crippen LogP contribution in [-0.4, -0.2) is 28.4 Å². The first kappa shape index (κ1) is 12.2. The molecule has 6 heteroatoms. The molecule has 1 aliphatic heterocycles. The lowest BCUT2D eigenvalue weighted by Gasteiger charge is -2.19.